The molecule has 1 N–H and O–H groups in total. The second kappa shape index (κ2) is 3.11. The van der Waals surface area contributed by atoms with Crippen LogP contribution in [0.5, 0.6) is 0 Å². The molecule has 1 fully saturated rings. The third kappa shape index (κ3) is 1.46. The van der Waals surface area contributed by atoms with Crippen molar-refractivity contribution < 1.29 is 4.39 Å². The van der Waals surface area contributed by atoms with Gasteiger partial charge in [-0.05, 0) is 25.5 Å². The highest BCUT2D eigenvalue weighted by Gasteiger charge is 2.39. The lowest BCUT2D eigenvalue weighted by atomic mass is 9.84. The first-order valence-electron chi connectivity index (χ1n) is 4.69. The van der Waals surface area contributed by atoms with Crippen molar-refractivity contribution in [3.63, 3.8) is 0 Å². The molecule has 0 amide bonds. The van der Waals surface area contributed by atoms with Gasteiger partial charge >= 0.3 is 0 Å². The SMILES string of the molecule is CC(F)(c1ccccc1)C1CCN1. The number of nitrogens with one attached hydrogen (secondary N) is 1. The minimum atomic E-state index is -1.22. The molecule has 0 radical (unpaired) electrons. The molecule has 2 unspecified atom stereocenters. The molecule has 0 bridgehead atoms. The summed E-state index contributed by atoms with van der Waals surface area (Å²) in [7, 11) is 0. The molecule has 0 saturated carbocycles. The molecular weight excluding hydrogens is 165 g/mol. The van der Waals surface area contributed by atoms with Gasteiger partial charge in [0.2, 0.25) is 0 Å². The summed E-state index contributed by atoms with van der Waals surface area (Å²) in [4.78, 5) is 0. The molecule has 1 aliphatic rings. The predicted octanol–water partition coefficient (Wildman–Crippen LogP) is 2.23. The van der Waals surface area contributed by atoms with Crippen LogP contribution in [0.25, 0.3) is 0 Å². The topological polar surface area (TPSA) is 12.0 Å². The summed E-state index contributed by atoms with van der Waals surface area (Å²) >= 11 is 0. The van der Waals surface area contributed by atoms with Crippen molar-refractivity contribution in [2.75, 3.05) is 6.54 Å². The van der Waals surface area contributed by atoms with E-state index in [2.05, 4.69) is 5.32 Å². The Morgan fingerprint density at radius 2 is 2.00 bits per heavy atom. The average molecular weight is 179 g/mol. The summed E-state index contributed by atoms with van der Waals surface area (Å²) in [6, 6.07) is 9.36. The molecule has 1 aromatic rings. The third-order valence-corrected chi connectivity index (χ3v) is 2.82. The van der Waals surface area contributed by atoms with Gasteiger partial charge in [0.25, 0.3) is 0 Å². The Morgan fingerprint density at radius 1 is 1.38 bits per heavy atom. The second-order valence-corrected chi connectivity index (χ2v) is 3.74. The molecule has 2 heteroatoms. The van der Waals surface area contributed by atoms with Crippen molar-refractivity contribution in [3.8, 4) is 0 Å². The Labute approximate surface area is 78.0 Å². The molecule has 1 aliphatic heterocycles. The van der Waals surface area contributed by atoms with Gasteiger partial charge in [-0.2, -0.15) is 0 Å². The van der Waals surface area contributed by atoms with Gasteiger partial charge in [-0.1, -0.05) is 30.3 Å². The number of rotatable bonds is 2. The van der Waals surface area contributed by atoms with E-state index >= 15 is 0 Å². The Bertz CT molecular complexity index is 277. The fraction of sp³-hybridized carbons (Fsp3) is 0.455. The molecule has 0 aromatic heterocycles. The Hall–Kier alpha value is -0.890. The quantitative estimate of drug-likeness (QED) is 0.734. The third-order valence-electron chi connectivity index (χ3n) is 2.82. The lowest BCUT2D eigenvalue weighted by Gasteiger charge is -2.38. The van der Waals surface area contributed by atoms with Crippen LogP contribution in [0.1, 0.15) is 18.9 Å². The van der Waals surface area contributed by atoms with Gasteiger partial charge in [0.15, 0.2) is 0 Å². The zero-order chi connectivity index (χ0) is 9.31. The molecule has 1 saturated heterocycles. The van der Waals surface area contributed by atoms with Crippen molar-refractivity contribution >= 4 is 0 Å². The number of alkyl halides is 1. The van der Waals surface area contributed by atoms with Crippen molar-refractivity contribution in [3.05, 3.63) is 35.9 Å². The zero-order valence-corrected chi connectivity index (χ0v) is 7.76. The van der Waals surface area contributed by atoms with E-state index in [9.17, 15) is 4.39 Å². The minimum Gasteiger partial charge on any atom is -0.311 e. The van der Waals surface area contributed by atoms with Gasteiger partial charge in [0.05, 0.1) is 0 Å². The van der Waals surface area contributed by atoms with Crippen molar-refractivity contribution in [1.29, 1.82) is 0 Å². The smallest absolute Gasteiger partial charge is 0.148 e. The first-order valence-corrected chi connectivity index (χ1v) is 4.69. The Balaban J connectivity index is 2.23. The van der Waals surface area contributed by atoms with Crippen LogP contribution in [-0.2, 0) is 5.67 Å². The molecule has 1 aromatic carbocycles. The Kier molecular flexibility index (Phi) is 2.08. The molecule has 2 atom stereocenters. The van der Waals surface area contributed by atoms with Gasteiger partial charge in [-0.3, -0.25) is 0 Å². The highest BCUT2D eigenvalue weighted by Crippen LogP contribution is 2.33. The van der Waals surface area contributed by atoms with Crippen LogP contribution >= 0.6 is 0 Å². The van der Waals surface area contributed by atoms with Crippen LogP contribution in [0.3, 0.4) is 0 Å². The first kappa shape index (κ1) is 8.70. The minimum absolute atomic E-state index is 0.00472. The molecule has 2 rings (SSSR count). The van der Waals surface area contributed by atoms with Crippen LogP contribution in [0.4, 0.5) is 4.39 Å². The number of benzene rings is 1. The monoisotopic (exact) mass is 179 g/mol. The predicted molar refractivity (Wildman–Crippen MR) is 51.3 cm³/mol. The van der Waals surface area contributed by atoms with Crippen molar-refractivity contribution in [2.45, 2.75) is 25.1 Å². The Morgan fingerprint density at radius 3 is 2.46 bits per heavy atom. The van der Waals surface area contributed by atoms with Crippen LogP contribution in [0.2, 0.25) is 0 Å². The van der Waals surface area contributed by atoms with E-state index in [1.165, 1.54) is 0 Å². The lowest BCUT2D eigenvalue weighted by molar-refractivity contribution is 0.0858. The maximum Gasteiger partial charge on any atom is 0.148 e. The van der Waals surface area contributed by atoms with Gasteiger partial charge in [-0.15, -0.1) is 0 Å². The summed E-state index contributed by atoms with van der Waals surface area (Å²) in [6.45, 7) is 2.59. The molecule has 0 aliphatic carbocycles. The van der Waals surface area contributed by atoms with E-state index in [0.717, 1.165) is 18.5 Å². The summed E-state index contributed by atoms with van der Waals surface area (Å²) in [5.41, 5.74) is -0.452. The fourth-order valence-corrected chi connectivity index (χ4v) is 1.72. The standard InChI is InChI=1S/C11H14FN/c1-11(12,10-7-8-13-10)9-5-3-2-4-6-9/h2-6,10,13H,7-8H2,1H3. The van der Waals surface area contributed by atoms with E-state index < -0.39 is 5.67 Å². The van der Waals surface area contributed by atoms with E-state index in [1.807, 2.05) is 30.3 Å². The van der Waals surface area contributed by atoms with E-state index in [1.54, 1.807) is 6.92 Å². The van der Waals surface area contributed by atoms with Crippen molar-refractivity contribution in [1.82, 2.24) is 5.32 Å². The average Bonchev–Trinajstić information content (AvgIpc) is 2.02. The van der Waals surface area contributed by atoms with Gasteiger partial charge in [-0.25, -0.2) is 4.39 Å². The molecule has 1 nitrogen and oxygen atoms in total. The van der Waals surface area contributed by atoms with Crippen LogP contribution < -0.4 is 5.32 Å². The maximum absolute atomic E-state index is 14.2. The number of hydrogen-bond donors (Lipinski definition) is 1. The summed E-state index contributed by atoms with van der Waals surface area (Å²) in [5, 5.41) is 3.11. The van der Waals surface area contributed by atoms with Crippen molar-refractivity contribution in [2.24, 2.45) is 0 Å². The molecule has 70 valence electrons. The van der Waals surface area contributed by atoms with Crippen LogP contribution in [0.15, 0.2) is 30.3 Å². The molecule has 0 spiro atoms. The van der Waals surface area contributed by atoms with E-state index in [4.69, 9.17) is 0 Å². The van der Waals surface area contributed by atoms with Gasteiger partial charge in [0, 0.05) is 6.04 Å². The largest absolute Gasteiger partial charge is 0.311 e. The van der Waals surface area contributed by atoms with Crippen LogP contribution in [-0.4, -0.2) is 12.6 Å². The molecule has 13 heavy (non-hydrogen) atoms. The first-order chi connectivity index (χ1) is 6.21. The fourth-order valence-electron chi connectivity index (χ4n) is 1.72. The molecule has 1 heterocycles. The van der Waals surface area contributed by atoms with E-state index in [0.29, 0.717) is 0 Å². The summed E-state index contributed by atoms with van der Waals surface area (Å²) in [5.74, 6) is 0. The summed E-state index contributed by atoms with van der Waals surface area (Å²) < 4.78 is 14.2. The summed E-state index contributed by atoms with van der Waals surface area (Å²) in [6.07, 6.45) is 0.932. The normalized spacial score (nSPS) is 26.2. The van der Waals surface area contributed by atoms with Gasteiger partial charge in [0.1, 0.15) is 5.67 Å². The van der Waals surface area contributed by atoms with E-state index in [-0.39, 0.29) is 6.04 Å². The molecular formula is C11H14FN. The number of hydrogen-bond acceptors (Lipinski definition) is 1. The van der Waals surface area contributed by atoms with Gasteiger partial charge < -0.3 is 5.32 Å². The zero-order valence-electron chi connectivity index (χ0n) is 7.76. The highest BCUT2D eigenvalue weighted by atomic mass is 19.1. The number of halogens is 1. The maximum atomic E-state index is 14.2. The second-order valence-electron chi connectivity index (χ2n) is 3.74. The highest BCUT2D eigenvalue weighted by molar-refractivity contribution is 5.24. The lowest BCUT2D eigenvalue weighted by Crippen LogP contribution is -2.53. The van der Waals surface area contributed by atoms with Crippen LogP contribution in [0, 0.1) is 0 Å².